The third-order valence-electron chi connectivity index (χ3n) is 2.11. The number of hydrogen-bond acceptors (Lipinski definition) is 2. The van der Waals surface area contributed by atoms with Crippen molar-refractivity contribution in [3.63, 3.8) is 0 Å². The van der Waals surface area contributed by atoms with Crippen molar-refractivity contribution in [1.29, 1.82) is 5.26 Å². The van der Waals surface area contributed by atoms with E-state index in [-0.39, 0.29) is 5.92 Å². The van der Waals surface area contributed by atoms with Crippen LogP contribution >= 0.6 is 0 Å². The summed E-state index contributed by atoms with van der Waals surface area (Å²) in [7, 11) is 0. The van der Waals surface area contributed by atoms with Gasteiger partial charge in [0.1, 0.15) is 6.29 Å². The molecule has 0 aliphatic rings. The van der Waals surface area contributed by atoms with Crippen molar-refractivity contribution in [1.82, 2.24) is 0 Å². The van der Waals surface area contributed by atoms with Gasteiger partial charge in [-0.25, -0.2) is 0 Å². The molecule has 1 atom stereocenters. The molecule has 1 aromatic rings. The summed E-state index contributed by atoms with van der Waals surface area (Å²) in [5.74, 6) is -0.199. The molecule has 0 saturated carbocycles. The highest BCUT2D eigenvalue weighted by atomic mass is 16.1. The quantitative estimate of drug-likeness (QED) is 0.643. The zero-order chi connectivity index (χ0) is 9.84. The lowest BCUT2D eigenvalue weighted by Crippen LogP contribution is -1.99. The molecule has 0 bridgehead atoms. The molecule has 0 spiro atoms. The van der Waals surface area contributed by atoms with Crippen LogP contribution in [0.1, 0.15) is 29.5 Å². The largest absolute Gasteiger partial charge is 0.303 e. The van der Waals surface area contributed by atoms with Gasteiger partial charge in [-0.15, -0.1) is 0 Å². The Labute approximate surface area is 77.8 Å². The lowest BCUT2D eigenvalue weighted by molar-refractivity contribution is -0.108. The normalized spacial score (nSPS) is 11.8. The Morgan fingerprint density at radius 2 is 2.23 bits per heavy atom. The van der Waals surface area contributed by atoms with Gasteiger partial charge in [-0.2, -0.15) is 5.26 Å². The first-order valence-electron chi connectivity index (χ1n) is 4.15. The molecule has 0 aliphatic carbocycles. The van der Waals surface area contributed by atoms with Crippen molar-refractivity contribution in [3.05, 3.63) is 34.9 Å². The van der Waals surface area contributed by atoms with Crippen LogP contribution < -0.4 is 0 Å². The highest BCUT2D eigenvalue weighted by Crippen LogP contribution is 2.20. The van der Waals surface area contributed by atoms with Crippen LogP contribution in [0.25, 0.3) is 0 Å². The summed E-state index contributed by atoms with van der Waals surface area (Å²) >= 11 is 0. The fourth-order valence-electron chi connectivity index (χ4n) is 1.30. The molecule has 1 aromatic carbocycles. The number of aryl methyl sites for hydroxylation is 1. The summed E-state index contributed by atoms with van der Waals surface area (Å²) in [5.41, 5.74) is 2.37. The topological polar surface area (TPSA) is 40.9 Å². The van der Waals surface area contributed by atoms with E-state index in [1.807, 2.05) is 25.1 Å². The molecule has 0 heterocycles. The van der Waals surface area contributed by atoms with Gasteiger partial charge in [0.05, 0.1) is 11.6 Å². The first kappa shape index (κ1) is 9.47. The Balaban J connectivity index is 3.29. The summed E-state index contributed by atoms with van der Waals surface area (Å²) < 4.78 is 0. The maximum atomic E-state index is 10.6. The summed E-state index contributed by atoms with van der Waals surface area (Å²) in [6, 6.07) is 7.69. The lowest BCUT2D eigenvalue weighted by atomic mass is 9.94. The molecule has 0 aliphatic heterocycles. The Bertz CT molecular complexity index is 363. The minimum absolute atomic E-state index is 0.199. The molecule has 0 aromatic heterocycles. The zero-order valence-corrected chi connectivity index (χ0v) is 7.74. The molecule has 0 radical (unpaired) electrons. The highest BCUT2D eigenvalue weighted by molar-refractivity contribution is 5.64. The SMILES string of the molecule is Cc1cccc(C(C)C=O)c1C#N. The van der Waals surface area contributed by atoms with Crippen molar-refractivity contribution in [3.8, 4) is 6.07 Å². The fraction of sp³-hybridized carbons (Fsp3) is 0.273. The first-order chi connectivity index (χ1) is 6.20. The third kappa shape index (κ3) is 1.75. The Morgan fingerprint density at radius 1 is 1.54 bits per heavy atom. The van der Waals surface area contributed by atoms with Gasteiger partial charge in [-0.1, -0.05) is 25.1 Å². The van der Waals surface area contributed by atoms with E-state index in [0.29, 0.717) is 5.56 Å². The van der Waals surface area contributed by atoms with Crippen molar-refractivity contribution in [2.45, 2.75) is 19.8 Å². The number of hydrogen-bond donors (Lipinski definition) is 0. The molecule has 1 unspecified atom stereocenters. The first-order valence-corrected chi connectivity index (χ1v) is 4.15. The number of nitrogens with zero attached hydrogens (tertiary/aromatic N) is 1. The molecule has 0 saturated heterocycles. The number of aldehydes is 1. The summed E-state index contributed by atoms with van der Waals surface area (Å²) in [6.45, 7) is 3.67. The Kier molecular flexibility index (Phi) is 2.81. The maximum Gasteiger partial charge on any atom is 0.127 e. The standard InChI is InChI=1S/C11H11NO/c1-8-4-3-5-10(9(2)7-13)11(8)6-12/h3-5,7,9H,1-2H3. The van der Waals surface area contributed by atoms with Crippen LogP contribution in [0, 0.1) is 18.3 Å². The summed E-state index contributed by atoms with van der Waals surface area (Å²) in [5, 5.41) is 8.88. The average molecular weight is 173 g/mol. The van der Waals surface area contributed by atoms with Gasteiger partial charge in [0.2, 0.25) is 0 Å². The van der Waals surface area contributed by atoms with E-state index in [1.54, 1.807) is 6.92 Å². The van der Waals surface area contributed by atoms with Crippen LogP contribution in [-0.4, -0.2) is 6.29 Å². The predicted octanol–water partition coefficient (Wildman–Crippen LogP) is 2.17. The minimum atomic E-state index is -0.199. The van der Waals surface area contributed by atoms with Crippen LogP contribution in [0.4, 0.5) is 0 Å². The molecule has 1 rings (SSSR count). The Hall–Kier alpha value is -1.62. The fourth-order valence-corrected chi connectivity index (χ4v) is 1.30. The van der Waals surface area contributed by atoms with Crippen molar-refractivity contribution in [2.75, 3.05) is 0 Å². The van der Waals surface area contributed by atoms with E-state index < -0.39 is 0 Å². The average Bonchev–Trinajstić information content (AvgIpc) is 2.16. The van der Waals surface area contributed by atoms with Crippen LogP contribution in [-0.2, 0) is 4.79 Å². The minimum Gasteiger partial charge on any atom is -0.303 e. The van der Waals surface area contributed by atoms with Crippen LogP contribution in [0.5, 0.6) is 0 Å². The number of carbonyl (C=O) groups is 1. The summed E-state index contributed by atoms with van der Waals surface area (Å²) in [6.07, 6.45) is 0.857. The van der Waals surface area contributed by atoms with E-state index in [2.05, 4.69) is 6.07 Å². The molecule has 66 valence electrons. The van der Waals surface area contributed by atoms with Gasteiger partial charge in [0.25, 0.3) is 0 Å². The molecule has 0 N–H and O–H groups in total. The van der Waals surface area contributed by atoms with E-state index in [9.17, 15) is 4.79 Å². The number of nitriles is 1. The second-order valence-corrected chi connectivity index (χ2v) is 3.08. The maximum absolute atomic E-state index is 10.6. The molecule has 0 fully saturated rings. The lowest BCUT2D eigenvalue weighted by Gasteiger charge is -2.07. The van der Waals surface area contributed by atoms with Crippen molar-refractivity contribution >= 4 is 6.29 Å². The van der Waals surface area contributed by atoms with Gasteiger partial charge in [0.15, 0.2) is 0 Å². The Morgan fingerprint density at radius 3 is 2.77 bits per heavy atom. The number of rotatable bonds is 2. The van der Waals surface area contributed by atoms with Crippen LogP contribution in [0.2, 0.25) is 0 Å². The molecule has 0 amide bonds. The third-order valence-corrected chi connectivity index (χ3v) is 2.11. The molecular formula is C11H11NO. The zero-order valence-electron chi connectivity index (χ0n) is 7.74. The predicted molar refractivity (Wildman–Crippen MR) is 50.4 cm³/mol. The second kappa shape index (κ2) is 3.86. The van der Waals surface area contributed by atoms with Gasteiger partial charge in [-0.05, 0) is 18.1 Å². The van der Waals surface area contributed by atoms with E-state index in [4.69, 9.17) is 5.26 Å². The molecule has 2 heteroatoms. The number of carbonyl (C=O) groups excluding carboxylic acids is 1. The van der Waals surface area contributed by atoms with Crippen LogP contribution in [0.3, 0.4) is 0 Å². The van der Waals surface area contributed by atoms with Crippen molar-refractivity contribution < 1.29 is 4.79 Å². The van der Waals surface area contributed by atoms with Gasteiger partial charge >= 0.3 is 0 Å². The number of benzene rings is 1. The van der Waals surface area contributed by atoms with Gasteiger partial charge in [-0.3, -0.25) is 0 Å². The van der Waals surface area contributed by atoms with Gasteiger partial charge in [0, 0.05) is 5.92 Å². The molecular weight excluding hydrogens is 162 g/mol. The van der Waals surface area contributed by atoms with Crippen LogP contribution in [0.15, 0.2) is 18.2 Å². The smallest absolute Gasteiger partial charge is 0.127 e. The monoisotopic (exact) mass is 173 g/mol. The molecule has 13 heavy (non-hydrogen) atoms. The second-order valence-electron chi connectivity index (χ2n) is 3.08. The van der Waals surface area contributed by atoms with E-state index >= 15 is 0 Å². The molecule has 2 nitrogen and oxygen atoms in total. The van der Waals surface area contributed by atoms with E-state index in [0.717, 1.165) is 17.4 Å². The van der Waals surface area contributed by atoms with Gasteiger partial charge < -0.3 is 4.79 Å². The van der Waals surface area contributed by atoms with E-state index in [1.165, 1.54) is 0 Å². The van der Waals surface area contributed by atoms with Crippen molar-refractivity contribution in [2.24, 2.45) is 0 Å². The summed E-state index contributed by atoms with van der Waals surface area (Å²) in [4.78, 5) is 10.6. The highest BCUT2D eigenvalue weighted by Gasteiger charge is 2.10.